The Labute approximate surface area is 174 Å². The fourth-order valence-electron chi connectivity index (χ4n) is 3.85. The van der Waals surface area contributed by atoms with Crippen LogP contribution < -0.4 is 5.73 Å². The molecule has 0 amide bonds. The zero-order chi connectivity index (χ0) is 17.8. The Hall–Kier alpha value is -0.830. The molecule has 3 rings (SSSR count). The molecule has 2 N–H and O–H groups in total. The molecule has 0 saturated carbocycles. The van der Waals surface area contributed by atoms with Crippen LogP contribution in [0.4, 0.5) is 0 Å². The van der Waals surface area contributed by atoms with Crippen molar-refractivity contribution < 1.29 is 4.42 Å². The number of oxazole rings is 1. The zero-order valence-electron chi connectivity index (χ0n) is 16.4. The second kappa shape index (κ2) is 9.92. The highest BCUT2D eigenvalue weighted by Crippen LogP contribution is 2.20. The van der Waals surface area contributed by atoms with E-state index in [2.05, 4.69) is 21.7 Å². The summed E-state index contributed by atoms with van der Waals surface area (Å²) in [4.78, 5) is 13.9. The van der Waals surface area contributed by atoms with E-state index in [0.29, 0.717) is 5.92 Å². The van der Waals surface area contributed by atoms with E-state index < -0.39 is 0 Å². The fraction of sp³-hybridized carbons (Fsp3) is 0.789. The largest absolute Gasteiger partial charge is 0.444 e. The number of rotatable bonds is 4. The minimum absolute atomic E-state index is 0. The van der Waals surface area contributed by atoms with Crippen LogP contribution in [0.3, 0.4) is 0 Å². The summed E-state index contributed by atoms with van der Waals surface area (Å²) in [6, 6.07) is 0. The van der Waals surface area contributed by atoms with E-state index in [-0.39, 0.29) is 24.0 Å². The second-order valence-corrected chi connectivity index (χ2v) is 7.86. The van der Waals surface area contributed by atoms with E-state index in [1.807, 2.05) is 13.8 Å². The number of halogens is 1. The number of piperidine rings is 2. The third-order valence-corrected chi connectivity index (χ3v) is 5.63. The van der Waals surface area contributed by atoms with Crippen molar-refractivity contribution in [2.24, 2.45) is 22.6 Å². The number of aryl methyl sites for hydroxylation is 2. The molecular formula is C19H34IN5O. The molecule has 2 fully saturated rings. The van der Waals surface area contributed by atoms with Crippen LogP contribution in [0.2, 0.25) is 0 Å². The van der Waals surface area contributed by atoms with Gasteiger partial charge in [0.15, 0.2) is 5.96 Å². The topological polar surface area (TPSA) is 70.9 Å². The Morgan fingerprint density at radius 1 is 1.23 bits per heavy atom. The second-order valence-electron chi connectivity index (χ2n) is 7.86. The lowest BCUT2D eigenvalue weighted by Gasteiger charge is -2.33. The minimum atomic E-state index is 0. The standard InChI is InChI=1S/C19H33N5O.HI/c1-14-5-4-8-24(12-14)19(20)21-11-17-6-9-23(10-7-17)13-18-22-15(2)16(3)25-18;/h14,17H,4-13H2,1-3H3,(H2,20,21);1H. The van der Waals surface area contributed by atoms with Crippen LogP contribution in [0.15, 0.2) is 9.41 Å². The molecule has 0 bridgehead atoms. The number of guanidine groups is 1. The maximum Gasteiger partial charge on any atom is 0.208 e. The normalized spacial score (nSPS) is 23.1. The average Bonchev–Trinajstić information content (AvgIpc) is 2.91. The monoisotopic (exact) mass is 475 g/mol. The maximum absolute atomic E-state index is 6.22. The molecule has 0 aromatic carbocycles. The third kappa shape index (κ3) is 5.84. The number of nitrogens with two attached hydrogens (primary N) is 1. The highest BCUT2D eigenvalue weighted by Gasteiger charge is 2.22. The average molecular weight is 475 g/mol. The molecule has 2 aliphatic heterocycles. The van der Waals surface area contributed by atoms with E-state index in [1.54, 1.807) is 0 Å². The number of likely N-dealkylation sites (tertiary alicyclic amines) is 2. The lowest BCUT2D eigenvalue weighted by atomic mass is 9.97. The molecule has 0 spiro atoms. The highest BCUT2D eigenvalue weighted by molar-refractivity contribution is 14.0. The number of aromatic nitrogens is 1. The van der Waals surface area contributed by atoms with E-state index >= 15 is 0 Å². The van der Waals surface area contributed by atoms with Crippen molar-refractivity contribution in [3.05, 3.63) is 17.3 Å². The first kappa shape index (κ1) is 21.5. The van der Waals surface area contributed by atoms with Gasteiger partial charge in [-0.15, -0.1) is 24.0 Å². The van der Waals surface area contributed by atoms with Crippen LogP contribution in [-0.2, 0) is 6.54 Å². The molecule has 6 nitrogen and oxygen atoms in total. The third-order valence-electron chi connectivity index (χ3n) is 5.63. The fourth-order valence-corrected chi connectivity index (χ4v) is 3.85. The summed E-state index contributed by atoms with van der Waals surface area (Å²) in [7, 11) is 0. The van der Waals surface area contributed by atoms with Gasteiger partial charge in [-0.25, -0.2) is 4.98 Å². The van der Waals surface area contributed by atoms with Crippen molar-refractivity contribution >= 4 is 29.9 Å². The Morgan fingerprint density at radius 2 is 1.96 bits per heavy atom. The van der Waals surface area contributed by atoms with E-state index in [1.165, 1.54) is 25.7 Å². The number of hydrogen-bond acceptors (Lipinski definition) is 4. The van der Waals surface area contributed by atoms with Crippen molar-refractivity contribution in [1.29, 1.82) is 0 Å². The molecule has 148 valence electrons. The molecule has 2 saturated heterocycles. The van der Waals surface area contributed by atoms with Gasteiger partial charge in [-0.1, -0.05) is 6.92 Å². The first-order chi connectivity index (χ1) is 12.0. The van der Waals surface area contributed by atoms with Gasteiger partial charge in [0.05, 0.1) is 12.2 Å². The Morgan fingerprint density at radius 3 is 2.58 bits per heavy atom. The summed E-state index contributed by atoms with van der Waals surface area (Å²) in [5.74, 6) is 3.90. The van der Waals surface area contributed by atoms with Gasteiger partial charge in [-0.2, -0.15) is 0 Å². The Bertz CT molecular complexity index is 575. The van der Waals surface area contributed by atoms with Crippen LogP contribution in [0, 0.1) is 25.7 Å². The number of nitrogens with zero attached hydrogens (tertiary/aromatic N) is 4. The van der Waals surface area contributed by atoms with Gasteiger partial charge < -0.3 is 15.1 Å². The van der Waals surface area contributed by atoms with E-state index in [4.69, 9.17) is 15.1 Å². The summed E-state index contributed by atoms with van der Waals surface area (Å²) >= 11 is 0. The van der Waals surface area contributed by atoms with Crippen molar-refractivity contribution in [3.8, 4) is 0 Å². The molecule has 2 aliphatic rings. The predicted molar refractivity (Wildman–Crippen MR) is 116 cm³/mol. The van der Waals surface area contributed by atoms with Crippen LogP contribution in [0.5, 0.6) is 0 Å². The molecule has 0 radical (unpaired) electrons. The molecule has 1 unspecified atom stereocenters. The zero-order valence-corrected chi connectivity index (χ0v) is 18.7. The Balaban J connectivity index is 0.00000243. The van der Waals surface area contributed by atoms with Gasteiger partial charge >= 0.3 is 0 Å². The molecule has 1 aromatic rings. The molecule has 1 atom stereocenters. The van der Waals surface area contributed by atoms with Crippen LogP contribution in [0.25, 0.3) is 0 Å². The quantitative estimate of drug-likeness (QED) is 0.412. The van der Waals surface area contributed by atoms with Crippen LogP contribution in [0.1, 0.15) is 50.0 Å². The summed E-state index contributed by atoms with van der Waals surface area (Å²) in [6.07, 6.45) is 4.89. The van der Waals surface area contributed by atoms with Crippen molar-refractivity contribution in [3.63, 3.8) is 0 Å². The summed E-state index contributed by atoms with van der Waals surface area (Å²) in [5, 5.41) is 0. The first-order valence-corrected chi connectivity index (χ1v) is 9.71. The predicted octanol–water partition coefficient (Wildman–Crippen LogP) is 3.17. The van der Waals surface area contributed by atoms with Crippen molar-refractivity contribution in [1.82, 2.24) is 14.8 Å². The molecule has 26 heavy (non-hydrogen) atoms. The summed E-state index contributed by atoms with van der Waals surface area (Å²) in [5.41, 5.74) is 7.22. The summed E-state index contributed by atoms with van der Waals surface area (Å²) < 4.78 is 5.70. The summed E-state index contributed by atoms with van der Waals surface area (Å²) in [6.45, 7) is 12.2. The van der Waals surface area contributed by atoms with Crippen LogP contribution >= 0.6 is 24.0 Å². The molecule has 7 heteroatoms. The van der Waals surface area contributed by atoms with Gasteiger partial charge in [0.1, 0.15) is 5.76 Å². The first-order valence-electron chi connectivity index (χ1n) is 9.71. The SMILES string of the molecule is Cc1nc(CN2CCC(CN=C(N)N3CCCC(C)C3)CC2)oc1C.I. The number of aliphatic imine (C=N–C) groups is 1. The number of hydrogen-bond donors (Lipinski definition) is 1. The molecular weight excluding hydrogens is 441 g/mol. The van der Waals surface area contributed by atoms with Gasteiger partial charge in [-0.3, -0.25) is 9.89 Å². The van der Waals surface area contributed by atoms with Crippen molar-refractivity contribution in [2.75, 3.05) is 32.7 Å². The van der Waals surface area contributed by atoms with Gasteiger partial charge in [0.25, 0.3) is 0 Å². The molecule has 1 aromatic heterocycles. The van der Waals surface area contributed by atoms with E-state index in [0.717, 1.165) is 68.5 Å². The smallest absolute Gasteiger partial charge is 0.208 e. The lowest BCUT2D eigenvalue weighted by Crippen LogP contribution is -2.44. The maximum atomic E-state index is 6.22. The Kier molecular flexibility index (Phi) is 8.19. The van der Waals surface area contributed by atoms with Crippen molar-refractivity contribution in [2.45, 2.75) is 53.0 Å². The van der Waals surface area contributed by atoms with Gasteiger partial charge in [0, 0.05) is 19.6 Å². The molecule has 0 aliphatic carbocycles. The lowest BCUT2D eigenvalue weighted by molar-refractivity contribution is 0.166. The minimum Gasteiger partial charge on any atom is -0.444 e. The highest BCUT2D eigenvalue weighted by atomic mass is 127. The van der Waals surface area contributed by atoms with Gasteiger partial charge in [-0.05, 0) is 64.5 Å². The van der Waals surface area contributed by atoms with Crippen LogP contribution in [-0.4, -0.2) is 53.5 Å². The van der Waals surface area contributed by atoms with Gasteiger partial charge in [0.2, 0.25) is 5.89 Å². The van der Waals surface area contributed by atoms with E-state index in [9.17, 15) is 0 Å². The molecule has 3 heterocycles.